The number of Topliss-reactive ketones (excluding diaryl/α,β-unsaturated/α-hetero) is 1. The second-order valence-electron chi connectivity index (χ2n) is 5.30. The van der Waals surface area contributed by atoms with Crippen molar-refractivity contribution in [1.82, 2.24) is 4.90 Å². The monoisotopic (exact) mass is 243 g/mol. The van der Waals surface area contributed by atoms with Crippen molar-refractivity contribution in [3.63, 3.8) is 0 Å². The second-order valence-corrected chi connectivity index (χ2v) is 5.30. The molecule has 1 saturated carbocycles. The van der Waals surface area contributed by atoms with E-state index in [1.807, 2.05) is 32.3 Å². The molecule has 0 heterocycles. The van der Waals surface area contributed by atoms with Crippen LogP contribution in [0.1, 0.15) is 24.8 Å². The Morgan fingerprint density at radius 1 is 1.28 bits per heavy atom. The maximum absolute atomic E-state index is 12.4. The molecule has 1 aliphatic carbocycles. The van der Waals surface area contributed by atoms with E-state index in [1.54, 1.807) is 0 Å². The van der Waals surface area contributed by atoms with Gasteiger partial charge in [0.2, 0.25) is 0 Å². The van der Waals surface area contributed by atoms with Crippen molar-refractivity contribution in [2.75, 3.05) is 20.6 Å². The summed E-state index contributed by atoms with van der Waals surface area (Å²) < 4.78 is 0. The quantitative estimate of drug-likeness (QED) is 0.761. The van der Waals surface area contributed by atoms with Gasteiger partial charge in [-0.25, -0.2) is 0 Å². The van der Waals surface area contributed by atoms with E-state index >= 15 is 0 Å². The number of rotatable bonds is 3. The molecule has 0 amide bonds. The molecule has 0 aliphatic heterocycles. The van der Waals surface area contributed by atoms with E-state index in [4.69, 9.17) is 0 Å². The highest BCUT2D eigenvalue weighted by molar-refractivity contribution is 6.01. The lowest BCUT2D eigenvalue weighted by molar-refractivity contribution is -0.120. The number of hydrogen-bond acceptors (Lipinski definition) is 2. The van der Waals surface area contributed by atoms with Crippen molar-refractivity contribution in [1.29, 1.82) is 0 Å². The van der Waals surface area contributed by atoms with Gasteiger partial charge in [0, 0.05) is 12.5 Å². The number of nitrogens with zero attached hydrogens (tertiary/aromatic N) is 1. The molecule has 0 saturated heterocycles. The van der Waals surface area contributed by atoms with Crippen LogP contribution in [0, 0.1) is 5.92 Å². The molecule has 96 valence electrons. The molecule has 0 spiro atoms. The van der Waals surface area contributed by atoms with E-state index in [2.05, 4.69) is 23.1 Å². The van der Waals surface area contributed by atoms with Crippen LogP contribution in [-0.2, 0) is 4.79 Å². The number of ketones is 1. The average Bonchev–Trinajstić information content (AvgIpc) is 2.35. The first kappa shape index (κ1) is 13.0. The lowest BCUT2D eigenvalue weighted by Crippen LogP contribution is -2.31. The second kappa shape index (κ2) is 5.96. The minimum Gasteiger partial charge on any atom is -0.309 e. The fraction of sp³-hybridized carbons (Fsp3) is 0.438. The van der Waals surface area contributed by atoms with Gasteiger partial charge in [0.05, 0.1) is 0 Å². The van der Waals surface area contributed by atoms with Crippen LogP contribution in [0.25, 0.3) is 6.08 Å². The first-order chi connectivity index (χ1) is 8.66. The smallest absolute Gasteiger partial charge is 0.163 e. The Labute approximate surface area is 109 Å². The maximum atomic E-state index is 12.4. The Hall–Kier alpha value is -1.41. The van der Waals surface area contributed by atoms with Gasteiger partial charge < -0.3 is 4.90 Å². The van der Waals surface area contributed by atoms with Crippen LogP contribution in [0.2, 0.25) is 0 Å². The van der Waals surface area contributed by atoms with Crippen LogP contribution >= 0.6 is 0 Å². The van der Waals surface area contributed by atoms with Crippen molar-refractivity contribution in [2.45, 2.75) is 19.3 Å². The van der Waals surface area contributed by atoms with E-state index in [0.29, 0.717) is 5.78 Å². The van der Waals surface area contributed by atoms with E-state index in [0.717, 1.165) is 36.9 Å². The predicted molar refractivity (Wildman–Crippen MR) is 75.3 cm³/mol. The van der Waals surface area contributed by atoms with Gasteiger partial charge in [-0.1, -0.05) is 30.3 Å². The number of carbonyl (C=O) groups is 1. The summed E-state index contributed by atoms with van der Waals surface area (Å²) in [6.07, 6.45) is 5.15. The largest absolute Gasteiger partial charge is 0.309 e. The lowest BCUT2D eigenvalue weighted by Gasteiger charge is -2.25. The zero-order chi connectivity index (χ0) is 13.0. The molecule has 18 heavy (non-hydrogen) atoms. The van der Waals surface area contributed by atoms with Gasteiger partial charge in [-0.05, 0) is 50.6 Å². The molecule has 0 radical (unpaired) electrons. The van der Waals surface area contributed by atoms with E-state index < -0.39 is 0 Å². The van der Waals surface area contributed by atoms with Gasteiger partial charge in [-0.15, -0.1) is 0 Å². The molecule has 1 aliphatic rings. The summed E-state index contributed by atoms with van der Waals surface area (Å²) in [5.41, 5.74) is 2.13. The van der Waals surface area contributed by atoms with Crippen molar-refractivity contribution >= 4 is 11.9 Å². The minimum atomic E-state index is 0.184. The van der Waals surface area contributed by atoms with Crippen molar-refractivity contribution in [3.05, 3.63) is 41.5 Å². The molecule has 1 unspecified atom stereocenters. The number of hydrogen-bond donors (Lipinski definition) is 0. The van der Waals surface area contributed by atoms with Gasteiger partial charge in [0.1, 0.15) is 0 Å². The molecule has 1 atom stereocenters. The highest BCUT2D eigenvalue weighted by Gasteiger charge is 2.26. The highest BCUT2D eigenvalue weighted by atomic mass is 16.1. The maximum Gasteiger partial charge on any atom is 0.163 e. The molecular formula is C16H21NO. The van der Waals surface area contributed by atoms with E-state index in [9.17, 15) is 4.79 Å². The number of benzene rings is 1. The van der Waals surface area contributed by atoms with Gasteiger partial charge in [0.15, 0.2) is 5.78 Å². The standard InChI is InChI=1S/C16H21NO/c1-17(2)12-15-10-6-9-14(16(15)18)11-13-7-4-3-5-8-13/h3-5,7-8,11,15H,6,9-10,12H2,1-2H3/b14-11-. The third-order valence-corrected chi connectivity index (χ3v) is 3.41. The SMILES string of the molecule is CN(C)CC1CCC/C(=C/c2ccccc2)C1=O. The molecule has 0 bridgehead atoms. The van der Waals surface area contributed by atoms with Gasteiger partial charge in [-0.2, -0.15) is 0 Å². The zero-order valence-electron chi connectivity index (χ0n) is 11.2. The molecular weight excluding hydrogens is 222 g/mol. The fourth-order valence-corrected chi connectivity index (χ4v) is 2.56. The van der Waals surface area contributed by atoms with Gasteiger partial charge in [-0.3, -0.25) is 4.79 Å². The lowest BCUT2D eigenvalue weighted by atomic mass is 9.83. The first-order valence-corrected chi connectivity index (χ1v) is 6.61. The first-order valence-electron chi connectivity index (χ1n) is 6.61. The van der Waals surface area contributed by atoms with Crippen molar-refractivity contribution < 1.29 is 4.79 Å². The summed E-state index contributed by atoms with van der Waals surface area (Å²) >= 11 is 0. The number of allylic oxidation sites excluding steroid dienone is 1. The van der Waals surface area contributed by atoms with Crippen LogP contribution in [0.15, 0.2) is 35.9 Å². The van der Waals surface area contributed by atoms with Crippen LogP contribution in [0.3, 0.4) is 0 Å². The Morgan fingerprint density at radius 3 is 2.67 bits per heavy atom. The molecule has 2 heteroatoms. The van der Waals surface area contributed by atoms with Crippen LogP contribution < -0.4 is 0 Å². The highest BCUT2D eigenvalue weighted by Crippen LogP contribution is 2.27. The van der Waals surface area contributed by atoms with Crippen LogP contribution in [0.4, 0.5) is 0 Å². The zero-order valence-corrected chi connectivity index (χ0v) is 11.2. The predicted octanol–water partition coefficient (Wildman–Crippen LogP) is 3.00. The molecule has 1 fully saturated rings. The van der Waals surface area contributed by atoms with E-state index in [1.165, 1.54) is 0 Å². The Morgan fingerprint density at radius 2 is 2.00 bits per heavy atom. The average molecular weight is 243 g/mol. The summed E-state index contributed by atoms with van der Waals surface area (Å²) in [5, 5.41) is 0. The Bertz CT molecular complexity index is 434. The molecule has 1 aromatic carbocycles. The Kier molecular flexibility index (Phi) is 4.32. The normalized spacial score (nSPS) is 22.7. The molecule has 0 aromatic heterocycles. The molecule has 1 aromatic rings. The summed E-state index contributed by atoms with van der Waals surface area (Å²) in [7, 11) is 4.06. The van der Waals surface area contributed by atoms with Crippen molar-refractivity contribution in [3.8, 4) is 0 Å². The van der Waals surface area contributed by atoms with Gasteiger partial charge in [0.25, 0.3) is 0 Å². The molecule has 2 rings (SSSR count). The third-order valence-electron chi connectivity index (χ3n) is 3.41. The Balaban J connectivity index is 2.14. The fourth-order valence-electron chi connectivity index (χ4n) is 2.56. The van der Waals surface area contributed by atoms with Gasteiger partial charge >= 0.3 is 0 Å². The van der Waals surface area contributed by atoms with Crippen LogP contribution in [-0.4, -0.2) is 31.3 Å². The molecule has 2 nitrogen and oxygen atoms in total. The van der Waals surface area contributed by atoms with E-state index in [-0.39, 0.29) is 5.92 Å². The van der Waals surface area contributed by atoms with Crippen molar-refractivity contribution in [2.24, 2.45) is 5.92 Å². The topological polar surface area (TPSA) is 20.3 Å². The summed E-state index contributed by atoms with van der Waals surface area (Å²) in [6, 6.07) is 10.1. The third kappa shape index (κ3) is 3.30. The summed E-state index contributed by atoms with van der Waals surface area (Å²) in [5.74, 6) is 0.530. The number of carbonyl (C=O) groups excluding carboxylic acids is 1. The molecule has 0 N–H and O–H groups in total. The minimum absolute atomic E-state index is 0.184. The summed E-state index contributed by atoms with van der Waals surface area (Å²) in [4.78, 5) is 14.5. The summed E-state index contributed by atoms with van der Waals surface area (Å²) in [6.45, 7) is 0.866. The van der Waals surface area contributed by atoms with Crippen LogP contribution in [0.5, 0.6) is 0 Å².